The van der Waals surface area contributed by atoms with Crippen molar-refractivity contribution in [3.8, 4) is 11.1 Å². The summed E-state index contributed by atoms with van der Waals surface area (Å²) in [5, 5.41) is 0. The van der Waals surface area contributed by atoms with Gasteiger partial charge in [-0.25, -0.2) is 14.0 Å². The lowest BCUT2D eigenvalue weighted by molar-refractivity contribution is -0.146. The van der Waals surface area contributed by atoms with E-state index in [0.717, 1.165) is 5.56 Å². The van der Waals surface area contributed by atoms with E-state index in [0.29, 0.717) is 21.9 Å². The van der Waals surface area contributed by atoms with Crippen LogP contribution in [-0.2, 0) is 35.2 Å². The maximum Gasteiger partial charge on any atom is 0.510 e. The van der Waals surface area contributed by atoms with Crippen molar-refractivity contribution in [1.29, 1.82) is 0 Å². The Morgan fingerprint density at radius 3 is 2.17 bits per heavy atom. The van der Waals surface area contributed by atoms with Crippen LogP contribution in [0.15, 0.2) is 64.3 Å². The van der Waals surface area contributed by atoms with Crippen LogP contribution in [-0.4, -0.2) is 61.3 Å². The smallest absolute Gasteiger partial charge is 0.463 e. The molecule has 1 unspecified atom stereocenters. The van der Waals surface area contributed by atoms with Crippen LogP contribution in [0.3, 0.4) is 0 Å². The molecule has 3 rings (SSSR count). The fourth-order valence-corrected chi connectivity index (χ4v) is 3.36. The van der Waals surface area contributed by atoms with Gasteiger partial charge >= 0.3 is 17.8 Å². The predicted octanol–water partition coefficient (Wildman–Crippen LogP) is 2.97. The number of benzene rings is 2. The molecule has 0 saturated heterocycles. The number of aromatic nitrogens is 2. The molecule has 0 bridgehead atoms. The Morgan fingerprint density at radius 2 is 1.50 bits per heavy atom. The van der Waals surface area contributed by atoms with Gasteiger partial charge in [-0.2, -0.15) is 4.39 Å². The number of H-pyrrole nitrogens is 1. The van der Waals surface area contributed by atoms with Gasteiger partial charge in [0.05, 0.1) is 38.5 Å². The lowest BCUT2D eigenvalue weighted by Crippen LogP contribution is -2.32. The highest BCUT2D eigenvalue weighted by Gasteiger charge is 2.18. The number of hydrogen-bond donors (Lipinski definition) is 1. The fourth-order valence-electron chi connectivity index (χ4n) is 3.36. The Bertz CT molecular complexity index is 1390. The number of ether oxygens (including phenoxy) is 5. The maximum absolute atomic E-state index is 14.6. The van der Waals surface area contributed by atoms with Crippen LogP contribution in [0.2, 0.25) is 0 Å². The molecular formula is C27H28F2N2O9. The van der Waals surface area contributed by atoms with Gasteiger partial charge in [0, 0.05) is 5.56 Å². The minimum Gasteiger partial charge on any atom is -0.463 e. The van der Waals surface area contributed by atoms with E-state index in [1.165, 1.54) is 6.07 Å². The van der Waals surface area contributed by atoms with Crippen LogP contribution in [0.1, 0.15) is 18.4 Å². The van der Waals surface area contributed by atoms with E-state index in [1.807, 2.05) is 18.2 Å². The summed E-state index contributed by atoms with van der Waals surface area (Å²) >= 11 is 0. The zero-order valence-electron chi connectivity index (χ0n) is 21.6. The Balaban J connectivity index is 1.22. The second-order valence-electron chi connectivity index (χ2n) is 8.30. The number of rotatable bonds is 14. The highest BCUT2D eigenvalue weighted by atomic mass is 19.1. The highest BCUT2D eigenvalue weighted by Crippen LogP contribution is 2.26. The topological polar surface area (TPSA) is 135 Å². The zero-order valence-corrected chi connectivity index (χ0v) is 21.6. The first-order valence-electron chi connectivity index (χ1n) is 12.2. The van der Waals surface area contributed by atoms with Crippen molar-refractivity contribution in [3.63, 3.8) is 0 Å². The molecule has 0 fully saturated rings. The largest absolute Gasteiger partial charge is 0.510 e. The van der Waals surface area contributed by atoms with Gasteiger partial charge in [0.1, 0.15) is 19.0 Å². The van der Waals surface area contributed by atoms with Gasteiger partial charge in [0.15, 0.2) is 6.73 Å². The van der Waals surface area contributed by atoms with E-state index < -0.39 is 47.7 Å². The molecule has 1 heterocycles. The van der Waals surface area contributed by atoms with Crippen molar-refractivity contribution in [2.75, 3.05) is 39.6 Å². The maximum atomic E-state index is 14.6. The van der Waals surface area contributed by atoms with E-state index in [4.69, 9.17) is 18.9 Å². The molecule has 0 aliphatic rings. The fraction of sp³-hybridized carbons (Fsp3) is 0.333. The lowest BCUT2D eigenvalue weighted by atomic mass is 9.97. The molecule has 0 aliphatic carbocycles. The summed E-state index contributed by atoms with van der Waals surface area (Å²) < 4.78 is 53.5. The quantitative estimate of drug-likeness (QED) is 0.232. The molecule has 2 aromatic carbocycles. The molecule has 0 radical (unpaired) electrons. The number of hydrogen-bond acceptors (Lipinski definition) is 9. The number of carbonyl (C=O) groups excluding carboxylic acids is 2. The summed E-state index contributed by atoms with van der Waals surface area (Å²) in [4.78, 5) is 48.0. The van der Waals surface area contributed by atoms with Crippen molar-refractivity contribution in [3.05, 3.63) is 92.8 Å². The minimum atomic E-state index is -1.21. The average molecular weight is 563 g/mol. The standard InChI is InChI=1S/C27H28F2N2O9/c1-18(20-7-8-21(22(28)15-20)19-5-3-2-4-6-19)25(33)38-13-11-36-9-10-37-12-14-39-27(35)40-17-31-16-23(29)24(32)30-26(31)34/h2-8,15-16,18H,9-14,17H2,1H3,(H,30,32,34). The summed E-state index contributed by atoms with van der Waals surface area (Å²) in [6, 6.07) is 13.8. The van der Waals surface area contributed by atoms with Crippen LogP contribution < -0.4 is 11.2 Å². The van der Waals surface area contributed by atoms with Crippen LogP contribution in [0.4, 0.5) is 13.6 Å². The van der Waals surface area contributed by atoms with Crippen molar-refractivity contribution in [2.24, 2.45) is 0 Å². The third kappa shape index (κ3) is 9.13. The minimum absolute atomic E-state index is 0.00496. The molecule has 0 saturated carbocycles. The molecule has 0 aliphatic heterocycles. The first kappa shape index (κ1) is 30.2. The zero-order chi connectivity index (χ0) is 28.9. The van der Waals surface area contributed by atoms with Crippen molar-refractivity contribution >= 4 is 12.1 Å². The van der Waals surface area contributed by atoms with Gasteiger partial charge in [-0.05, 0) is 24.1 Å². The van der Waals surface area contributed by atoms with Crippen LogP contribution in [0, 0.1) is 11.6 Å². The Kier molecular flexibility index (Phi) is 11.5. The molecule has 1 aromatic heterocycles. The first-order chi connectivity index (χ1) is 19.3. The van der Waals surface area contributed by atoms with E-state index in [9.17, 15) is 28.0 Å². The number of nitrogens with zero attached hydrogens (tertiary/aromatic N) is 1. The summed E-state index contributed by atoms with van der Waals surface area (Å²) in [6.45, 7) is 1.33. The summed E-state index contributed by atoms with van der Waals surface area (Å²) in [5.41, 5.74) is -0.433. The van der Waals surface area contributed by atoms with Crippen LogP contribution in [0.5, 0.6) is 0 Å². The lowest BCUT2D eigenvalue weighted by Gasteiger charge is -2.13. The number of aromatic amines is 1. The van der Waals surface area contributed by atoms with E-state index in [2.05, 4.69) is 4.74 Å². The monoisotopic (exact) mass is 562 g/mol. The van der Waals surface area contributed by atoms with Gasteiger partial charge in [0.2, 0.25) is 5.82 Å². The van der Waals surface area contributed by atoms with E-state index in [1.54, 1.807) is 36.2 Å². The number of halogens is 2. The highest BCUT2D eigenvalue weighted by molar-refractivity contribution is 5.78. The summed E-state index contributed by atoms with van der Waals surface area (Å²) in [5.74, 6) is -2.80. The van der Waals surface area contributed by atoms with Gasteiger partial charge in [0.25, 0.3) is 5.56 Å². The van der Waals surface area contributed by atoms with Crippen molar-refractivity contribution in [2.45, 2.75) is 19.6 Å². The molecule has 13 heteroatoms. The predicted molar refractivity (Wildman–Crippen MR) is 137 cm³/mol. The molecule has 214 valence electrons. The van der Waals surface area contributed by atoms with Crippen molar-refractivity contribution < 1.29 is 42.1 Å². The molecule has 1 atom stereocenters. The van der Waals surface area contributed by atoms with Gasteiger partial charge in [-0.3, -0.25) is 19.1 Å². The Labute approximate surface area is 227 Å². The third-order valence-corrected chi connectivity index (χ3v) is 5.51. The molecular weight excluding hydrogens is 534 g/mol. The van der Waals surface area contributed by atoms with Crippen molar-refractivity contribution in [1.82, 2.24) is 9.55 Å². The van der Waals surface area contributed by atoms with Crippen LogP contribution >= 0.6 is 0 Å². The summed E-state index contributed by atoms with van der Waals surface area (Å²) in [6.07, 6.45) is -0.519. The van der Waals surface area contributed by atoms with Gasteiger partial charge in [-0.15, -0.1) is 0 Å². The van der Waals surface area contributed by atoms with Gasteiger partial charge in [-0.1, -0.05) is 42.5 Å². The summed E-state index contributed by atoms with van der Waals surface area (Å²) in [7, 11) is 0. The average Bonchev–Trinajstić information content (AvgIpc) is 2.95. The molecule has 40 heavy (non-hydrogen) atoms. The SMILES string of the molecule is CC(C(=O)OCCOCCOCCOC(=O)OCn1cc(F)c(=O)[nH]c1=O)c1ccc(-c2ccccc2)c(F)c1. The number of nitrogens with one attached hydrogen (secondary N) is 1. The Morgan fingerprint density at radius 1 is 0.850 bits per heavy atom. The first-order valence-corrected chi connectivity index (χ1v) is 12.2. The van der Waals surface area contributed by atoms with Gasteiger partial charge < -0.3 is 23.7 Å². The molecule has 11 nitrogen and oxygen atoms in total. The Hall–Kier alpha value is -4.36. The second kappa shape index (κ2) is 15.3. The third-order valence-electron chi connectivity index (χ3n) is 5.51. The number of esters is 1. The molecule has 1 N–H and O–H groups in total. The second-order valence-corrected chi connectivity index (χ2v) is 8.30. The van der Waals surface area contributed by atoms with E-state index >= 15 is 0 Å². The molecule has 0 amide bonds. The number of carbonyl (C=O) groups is 2. The van der Waals surface area contributed by atoms with E-state index in [-0.39, 0.29) is 39.6 Å². The normalized spacial score (nSPS) is 11.6. The molecule has 0 spiro atoms. The van der Waals surface area contributed by atoms with Crippen LogP contribution in [0.25, 0.3) is 11.1 Å². The molecule has 3 aromatic rings.